The van der Waals surface area contributed by atoms with Gasteiger partial charge >= 0.3 is 0 Å². The Kier molecular flexibility index (Phi) is 6.80. The van der Waals surface area contributed by atoms with Crippen molar-refractivity contribution in [3.63, 3.8) is 0 Å². The van der Waals surface area contributed by atoms with Crippen molar-refractivity contribution in [1.82, 2.24) is 4.57 Å². The van der Waals surface area contributed by atoms with Gasteiger partial charge in [-0.05, 0) is 19.1 Å². The Hall–Kier alpha value is -0.950. The van der Waals surface area contributed by atoms with Gasteiger partial charge in [-0.3, -0.25) is 0 Å². The Labute approximate surface area is 108 Å². The normalized spacial score (nSPS) is 10.4. The summed E-state index contributed by atoms with van der Waals surface area (Å²) in [6, 6.07) is 2.20. The summed E-state index contributed by atoms with van der Waals surface area (Å²) in [4.78, 5) is 0. The molecular formula is C13H22N3S+. The van der Waals surface area contributed by atoms with E-state index in [4.69, 9.17) is 5.26 Å². The molecule has 0 aliphatic heterocycles. The molecule has 0 unspecified atom stereocenters. The van der Waals surface area contributed by atoms with Crippen LogP contribution in [0.3, 0.4) is 0 Å². The third-order valence-corrected chi connectivity index (χ3v) is 3.47. The van der Waals surface area contributed by atoms with E-state index in [0.29, 0.717) is 6.42 Å². The summed E-state index contributed by atoms with van der Waals surface area (Å²) in [6.07, 6.45) is 10.3. The molecule has 3 nitrogen and oxygen atoms in total. The van der Waals surface area contributed by atoms with Gasteiger partial charge < -0.3 is 0 Å². The van der Waals surface area contributed by atoms with Gasteiger partial charge in [0.25, 0.3) is 5.82 Å². The molecule has 0 N–H and O–H groups in total. The molecule has 0 atom stereocenters. The topological polar surface area (TPSA) is 32.6 Å². The second kappa shape index (κ2) is 8.19. The maximum absolute atomic E-state index is 8.50. The lowest BCUT2D eigenvalue weighted by molar-refractivity contribution is -0.704. The van der Waals surface area contributed by atoms with Crippen LogP contribution in [0.2, 0.25) is 0 Å². The van der Waals surface area contributed by atoms with Crippen molar-refractivity contribution in [1.29, 1.82) is 5.26 Å². The molecule has 0 amide bonds. The van der Waals surface area contributed by atoms with E-state index in [-0.39, 0.29) is 0 Å². The summed E-state index contributed by atoms with van der Waals surface area (Å²) in [7, 11) is 0. The molecule has 0 fully saturated rings. The van der Waals surface area contributed by atoms with Crippen LogP contribution in [-0.2, 0) is 19.5 Å². The van der Waals surface area contributed by atoms with Crippen molar-refractivity contribution < 1.29 is 4.57 Å². The smallest absolute Gasteiger partial charge is 0.234 e. The molecule has 0 spiro atoms. The van der Waals surface area contributed by atoms with Crippen LogP contribution in [0.5, 0.6) is 0 Å². The van der Waals surface area contributed by atoms with Crippen LogP contribution in [-0.4, -0.2) is 16.6 Å². The summed E-state index contributed by atoms with van der Waals surface area (Å²) < 4.78 is 4.68. The van der Waals surface area contributed by atoms with Gasteiger partial charge in [-0.2, -0.15) is 17.0 Å². The molecule has 0 radical (unpaired) electrons. The van der Waals surface area contributed by atoms with Crippen LogP contribution in [0.25, 0.3) is 0 Å². The van der Waals surface area contributed by atoms with Gasteiger partial charge in [0, 0.05) is 18.6 Å². The standard InChI is InChI=1S/C13H22N3S/c1-3-13-15(8-6-4-5-7-14)9-10-16(13)11-12-17-2/h9-10H,3-6,8,11-12H2,1-2H3/q+1. The van der Waals surface area contributed by atoms with Crippen LogP contribution >= 0.6 is 11.8 Å². The number of imidazole rings is 1. The van der Waals surface area contributed by atoms with Crippen molar-refractivity contribution in [2.75, 3.05) is 12.0 Å². The zero-order chi connectivity index (χ0) is 12.5. The highest BCUT2D eigenvalue weighted by atomic mass is 32.2. The fourth-order valence-electron chi connectivity index (χ4n) is 1.99. The van der Waals surface area contributed by atoms with E-state index < -0.39 is 0 Å². The number of unbranched alkanes of at least 4 members (excludes halogenated alkanes) is 2. The van der Waals surface area contributed by atoms with Crippen LogP contribution in [0, 0.1) is 11.3 Å². The number of hydrogen-bond acceptors (Lipinski definition) is 2. The van der Waals surface area contributed by atoms with Crippen molar-refractivity contribution in [2.45, 2.75) is 45.7 Å². The molecule has 0 aliphatic rings. The van der Waals surface area contributed by atoms with E-state index in [1.807, 2.05) is 11.8 Å². The average Bonchev–Trinajstić information content (AvgIpc) is 2.74. The lowest BCUT2D eigenvalue weighted by Gasteiger charge is -2.02. The second-order valence-electron chi connectivity index (χ2n) is 4.06. The molecular weight excluding hydrogens is 230 g/mol. The van der Waals surface area contributed by atoms with Gasteiger partial charge in [-0.1, -0.05) is 6.92 Å². The van der Waals surface area contributed by atoms with Crippen LogP contribution < -0.4 is 4.57 Å². The third kappa shape index (κ3) is 4.43. The summed E-state index contributed by atoms with van der Waals surface area (Å²) in [5, 5.41) is 8.50. The number of nitriles is 1. The van der Waals surface area contributed by atoms with E-state index in [2.05, 4.69) is 40.8 Å². The van der Waals surface area contributed by atoms with Crippen LogP contribution in [0.1, 0.15) is 32.0 Å². The molecule has 0 aromatic carbocycles. The van der Waals surface area contributed by atoms with Crippen molar-refractivity contribution in [2.24, 2.45) is 0 Å². The molecule has 1 aromatic rings. The lowest BCUT2D eigenvalue weighted by atomic mass is 10.2. The summed E-state index contributed by atoms with van der Waals surface area (Å²) >= 11 is 1.88. The van der Waals surface area contributed by atoms with Gasteiger partial charge in [0.15, 0.2) is 0 Å². The van der Waals surface area contributed by atoms with Gasteiger partial charge in [0.1, 0.15) is 12.4 Å². The zero-order valence-corrected chi connectivity index (χ0v) is 11.7. The van der Waals surface area contributed by atoms with E-state index in [0.717, 1.165) is 38.1 Å². The molecule has 1 aromatic heterocycles. The molecule has 1 heterocycles. The SMILES string of the molecule is CCc1n(CCSC)cc[n+]1CCCCC#N. The van der Waals surface area contributed by atoms with E-state index in [1.165, 1.54) is 5.82 Å². The Balaban J connectivity index is 2.53. The Bertz CT molecular complexity index is 365. The molecule has 0 saturated carbocycles. The van der Waals surface area contributed by atoms with Crippen molar-refractivity contribution in [3.8, 4) is 6.07 Å². The predicted molar refractivity (Wildman–Crippen MR) is 71.9 cm³/mol. The number of aromatic nitrogens is 2. The highest BCUT2D eigenvalue weighted by molar-refractivity contribution is 7.98. The van der Waals surface area contributed by atoms with Gasteiger partial charge in [-0.15, -0.1) is 0 Å². The second-order valence-corrected chi connectivity index (χ2v) is 5.05. The van der Waals surface area contributed by atoms with Gasteiger partial charge in [0.05, 0.1) is 19.2 Å². The summed E-state index contributed by atoms with van der Waals surface area (Å²) in [5.41, 5.74) is 0. The summed E-state index contributed by atoms with van der Waals surface area (Å²) in [5.74, 6) is 2.56. The Morgan fingerprint density at radius 1 is 1.47 bits per heavy atom. The van der Waals surface area contributed by atoms with E-state index in [1.54, 1.807) is 0 Å². The minimum atomic E-state index is 0.676. The monoisotopic (exact) mass is 252 g/mol. The maximum atomic E-state index is 8.50. The summed E-state index contributed by atoms with van der Waals surface area (Å²) in [6.45, 7) is 4.34. The predicted octanol–water partition coefficient (Wildman–Crippen LogP) is 2.39. The maximum Gasteiger partial charge on any atom is 0.256 e. The molecule has 0 saturated heterocycles. The average molecular weight is 252 g/mol. The van der Waals surface area contributed by atoms with Crippen molar-refractivity contribution in [3.05, 3.63) is 18.2 Å². The first-order valence-electron chi connectivity index (χ1n) is 6.26. The molecule has 1 rings (SSSR count). The number of hydrogen-bond donors (Lipinski definition) is 0. The highest BCUT2D eigenvalue weighted by Crippen LogP contribution is 2.02. The Morgan fingerprint density at radius 3 is 2.94 bits per heavy atom. The first kappa shape index (κ1) is 14.1. The molecule has 0 bridgehead atoms. The molecule has 94 valence electrons. The number of rotatable bonds is 8. The molecule has 17 heavy (non-hydrogen) atoms. The van der Waals surface area contributed by atoms with Gasteiger partial charge in [-0.25, -0.2) is 9.13 Å². The molecule has 0 aliphatic carbocycles. The first-order chi connectivity index (χ1) is 8.33. The fourth-order valence-corrected chi connectivity index (χ4v) is 2.37. The minimum absolute atomic E-state index is 0.676. The Morgan fingerprint density at radius 2 is 2.29 bits per heavy atom. The lowest BCUT2D eigenvalue weighted by Crippen LogP contribution is -2.37. The zero-order valence-electron chi connectivity index (χ0n) is 10.9. The van der Waals surface area contributed by atoms with Crippen LogP contribution in [0.15, 0.2) is 12.4 Å². The quantitative estimate of drug-likeness (QED) is 0.526. The number of aryl methyl sites for hydroxylation is 2. The number of thioether (sulfide) groups is 1. The molecule has 4 heteroatoms. The van der Waals surface area contributed by atoms with Crippen LogP contribution in [0.4, 0.5) is 0 Å². The third-order valence-electron chi connectivity index (χ3n) is 2.88. The minimum Gasteiger partial charge on any atom is -0.234 e. The van der Waals surface area contributed by atoms with E-state index >= 15 is 0 Å². The van der Waals surface area contributed by atoms with Crippen molar-refractivity contribution >= 4 is 11.8 Å². The van der Waals surface area contributed by atoms with E-state index in [9.17, 15) is 0 Å². The van der Waals surface area contributed by atoms with Gasteiger partial charge in [0.2, 0.25) is 0 Å². The fraction of sp³-hybridized carbons (Fsp3) is 0.692. The largest absolute Gasteiger partial charge is 0.256 e. The number of nitrogens with zero attached hydrogens (tertiary/aromatic N) is 3. The highest BCUT2D eigenvalue weighted by Gasteiger charge is 2.13. The first-order valence-corrected chi connectivity index (χ1v) is 7.66.